The number of nitrogens with one attached hydrogen (secondary N) is 1. The molecule has 2 heterocycles. The van der Waals surface area contributed by atoms with Crippen molar-refractivity contribution in [3.8, 4) is 0 Å². The molecule has 8 heteroatoms. The molecule has 0 spiro atoms. The van der Waals surface area contributed by atoms with E-state index in [9.17, 15) is 9.59 Å². The standard InChI is InChI=1S/C11H16N4O3S/c1-6-5-8(9(16)17)3-4-15(6)11(18)12-10-14-13-7(2)19-10/h6,8H,3-5H2,1-2H3,(H,16,17)(H,12,14,18). The van der Waals surface area contributed by atoms with E-state index in [2.05, 4.69) is 15.5 Å². The van der Waals surface area contributed by atoms with Crippen molar-refractivity contribution in [1.82, 2.24) is 15.1 Å². The second-order valence-corrected chi connectivity index (χ2v) is 5.84. The Morgan fingerprint density at radius 1 is 1.47 bits per heavy atom. The molecule has 2 amide bonds. The number of nitrogens with zero attached hydrogens (tertiary/aromatic N) is 3. The zero-order valence-corrected chi connectivity index (χ0v) is 11.6. The van der Waals surface area contributed by atoms with Crippen molar-refractivity contribution in [3.63, 3.8) is 0 Å². The Balaban J connectivity index is 1.95. The summed E-state index contributed by atoms with van der Waals surface area (Å²) in [7, 11) is 0. The van der Waals surface area contributed by atoms with Crippen LogP contribution in [0.2, 0.25) is 0 Å². The first-order chi connectivity index (χ1) is 8.97. The van der Waals surface area contributed by atoms with E-state index in [1.54, 1.807) is 4.90 Å². The van der Waals surface area contributed by atoms with Crippen LogP contribution in [-0.2, 0) is 4.79 Å². The number of piperidine rings is 1. The third kappa shape index (κ3) is 3.19. The highest BCUT2D eigenvalue weighted by Crippen LogP contribution is 2.24. The van der Waals surface area contributed by atoms with Gasteiger partial charge in [0.05, 0.1) is 5.92 Å². The van der Waals surface area contributed by atoms with Crippen molar-refractivity contribution in [1.29, 1.82) is 0 Å². The number of aliphatic carboxylic acids is 1. The first kappa shape index (κ1) is 13.7. The normalized spacial score (nSPS) is 23.2. The Morgan fingerprint density at radius 2 is 2.21 bits per heavy atom. The summed E-state index contributed by atoms with van der Waals surface area (Å²) in [5, 5.41) is 20.6. The van der Waals surface area contributed by atoms with Gasteiger partial charge in [0.2, 0.25) is 5.13 Å². The van der Waals surface area contributed by atoms with Gasteiger partial charge in [-0.25, -0.2) is 4.79 Å². The number of rotatable bonds is 2. The molecule has 1 fully saturated rings. The smallest absolute Gasteiger partial charge is 0.323 e. The number of aromatic nitrogens is 2. The van der Waals surface area contributed by atoms with Crippen LogP contribution in [0.15, 0.2) is 0 Å². The number of carboxylic acid groups (broad SMARTS) is 1. The third-order valence-corrected chi connectivity index (χ3v) is 3.98. The molecule has 1 aliphatic rings. The molecule has 1 aromatic rings. The summed E-state index contributed by atoms with van der Waals surface area (Å²) in [5.74, 6) is -1.14. The summed E-state index contributed by atoms with van der Waals surface area (Å²) >= 11 is 1.31. The molecular formula is C11H16N4O3S. The molecule has 2 N–H and O–H groups in total. The highest BCUT2D eigenvalue weighted by atomic mass is 32.1. The molecule has 0 bridgehead atoms. The van der Waals surface area contributed by atoms with Crippen molar-refractivity contribution >= 4 is 28.5 Å². The lowest BCUT2D eigenvalue weighted by Gasteiger charge is -2.35. The van der Waals surface area contributed by atoms with E-state index in [1.807, 2.05) is 13.8 Å². The van der Waals surface area contributed by atoms with Gasteiger partial charge in [-0.1, -0.05) is 11.3 Å². The van der Waals surface area contributed by atoms with E-state index >= 15 is 0 Å². The summed E-state index contributed by atoms with van der Waals surface area (Å²) in [6.07, 6.45) is 0.972. The van der Waals surface area contributed by atoms with Gasteiger partial charge in [-0.05, 0) is 26.7 Å². The van der Waals surface area contributed by atoms with E-state index in [-0.39, 0.29) is 18.0 Å². The second kappa shape index (κ2) is 5.52. The average Bonchev–Trinajstić information content (AvgIpc) is 2.74. The van der Waals surface area contributed by atoms with Crippen molar-refractivity contribution in [2.45, 2.75) is 32.7 Å². The SMILES string of the molecule is Cc1nnc(NC(=O)N2CCC(C(=O)O)CC2C)s1. The largest absolute Gasteiger partial charge is 0.481 e. The molecule has 0 aromatic carbocycles. The maximum absolute atomic E-state index is 12.1. The van der Waals surface area contributed by atoms with Crippen molar-refractivity contribution in [3.05, 3.63) is 5.01 Å². The van der Waals surface area contributed by atoms with Gasteiger partial charge in [-0.3, -0.25) is 10.1 Å². The molecule has 0 radical (unpaired) electrons. The number of hydrogen-bond acceptors (Lipinski definition) is 5. The van der Waals surface area contributed by atoms with Crippen LogP contribution in [0.5, 0.6) is 0 Å². The van der Waals surface area contributed by atoms with E-state index in [4.69, 9.17) is 5.11 Å². The van der Waals surface area contributed by atoms with Crippen LogP contribution >= 0.6 is 11.3 Å². The molecule has 7 nitrogen and oxygen atoms in total. The Kier molecular flexibility index (Phi) is 3.98. The van der Waals surface area contributed by atoms with Gasteiger partial charge >= 0.3 is 12.0 Å². The Bertz CT molecular complexity index is 490. The molecular weight excluding hydrogens is 268 g/mol. The number of urea groups is 1. The molecule has 2 rings (SSSR count). The lowest BCUT2D eigenvalue weighted by molar-refractivity contribution is -0.143. The first-order valence-corrected chi connectivity index (χ1v) is 6.89. The van der Waals surface area contributed by atoms with Crippen LogP contribution < -0.4 is 5.32 Å². The van der Waals surface area contributed by atoms with Crippen LogP contribution in [0.1, 0.15) is 24.8 Å². The van der Waals surface area contributed by atoms with Crippen molar-refractivity contribution in [2.24, 2.45) is 5.92 Å². The molecule has 19 heavy (non-hydrogen) atoms. The lowest BCUT2D eigenvalue weighted by atomic mass is 9.92. The van der Waals surface area contributed by atoms with E-state index < -0.39 is 5.97 Å². The predicted octanol–water partition coefficient (Wildman–Crippen LogP) is 1.56. The quantitative estimate of drug-likeness (QED) is 0.859. The number of hydrogen-bond donors (Lipinski definition) is 2. The molecule has 1 saturated heterocycles. The van der Waals surface area contributed by atoms with E-state index in [1.165, 1.54) is 11.3 Å². The van der Waals surface area contributed by atoms with Gasteiger partial charge < -0.3 is 10.0 Å². The fourth-order valence-corrected chi connectivity index (χ4v) is 2.79. The number of amides is 2. The second-order valence-electron chi connectivity index (χ2n) is 4.66. The fourth-order valence-electron chi connectivity index (χ4n) is 2.21. The third-order valence-electron chi connectivity index (χ3n) is 3.23. The fraction of sp³-hybridized carbons (Fsp3) is 0.636. The molecule has 0 aliphatic carbocycles. The number of aryl methyl sites for hydroxylation is 1. The highest BCUT2D eigenvalue weighted by molar-refractivity contribution is 7.15. The highest BCUT2D eigenvalue weighted by Gasteiger charge is 2.32. The summed E-state index contributed by atoms with van der Waals surface area (Å²) in [4.78, 5) is 24.7. The first-order valence-electron chi connectivity index (χ1n) is 6.08. The minimum absolute atomic E-state index is 0.0936. The van der Waals surface area contributed by atoms with Crippen LogP contribution in [0, 0.1) is 12.8 Å². The van der Waals surface area contributed by atoms with Crippen LogP contribution in [0.25, 0.3) is 0 Å². The van der Waals surface area contributed by atoms with Crippen LogP contribution in [0.3, 0.4) is 0 Å². The van der Waals surface area contributed by atoms with Gasteiger partial charge in [-0.15, -0.1) is 10.2 Å². The van der Waals surface area contributed by atoms with E-state index in [0.717, 1.165) is 5.01 Å². The average molecular weight is 284 g/mol. The number of carbonyl (C=O) groups is 2. The number of carboxylic acids is 1. The minimum Gasteiger partial charge on any atom is -0.481 e. The predicted molar refractivity (Wildman–Crippen MR) is 70.2 cm³/mol. The van der Waals surface area contributed by atoms with Crippen LogP contribution in [0.4, 0.5) is 9.93 Å². The van der Waals surface area contributed by atoms with Crippen molar-refractivity contribution in [2.75, 3.05) is 11.9 Å². The minimum atomic E-state index is -0.786. The maximum Gasteiger partial charge on any atom is 0.323 e. The molecule has 104 valence electrons. The Morgan fingerprint density at radius 3 is 2.74 bits per heavy atom. The Labute approximate surface area is 114 Å². The van der Waals surface area contributed by atoms with Gasteiger partial charge in [0.15, 0.2) is 0 Å². The van der Waals surface area contributed by atoms with Gasteiger partial charge in [0.25, 0.3) is 0 Å². The molecule has 1 aliphatic heterocycles. The molecule has 0 saturated carbocycles. The monoisotopic (exact) mass is 284 g/mol. The molecule has 1 aromatic heterocycles. The lowest BCUT2D eigenvalue weighted by Crippen LogP contribution is -2.47. The topological polar surface area (TPSA) is 95.4 Å². The number of carbonyl (C=O) groups excluding carboxylic acids is 1. The zero-order chi connectivity index (χ0) is 14.0. The summed E-state index contributed by atoms with van der Waals surface area (Å²) in [6, 6.07) is -0.337. The van der Waals surface area contributed by atoms with Gasteiger partial charge in [0, 0.05) is 12.6 Å². The van der Waals surface area contributed by atoms with Crippen molar-refractivity contribution < 1.29 is 14.7 Å². The summed E-state index contributed by atoms with van der Waals surface area (Å²) in [6.45, 7) is 4.12. The summed E-state index contributed by atoms with van der Waals surface area (Å²) < 4.78 is 0. The maximum atomic E-state index is 12.1. The van der Waals surface area contributed by atoms with E-state index in [0.29, 0.717) is 24.5 Å². The number of likely N-dealkylation sites (tertiary alicyclic amines) is 1. The molecule has 2 atom stereocenters. The van der Waals surface area contributed by atoms with Crippen LogP contribution in [-0.4, -0.2) is 44.8 Å². The zero-order valence-electron chi connectivity index (χ0n) is 10.8. The Hall–Kier alpha value is -1.70. The summed E-state index contributed by atoms with van der Waals surface area (Å²) in [5.41, 5.74) is 0. The number of anilines is 1. The molecule has 2 unspecified atom stereocenters. The van der Waals surface area contributed by atoms with Gasteiger partial charge in [0.1, 0.15) is 5.01 Å². The van der Waals surface area contributed by atoms with Gasteiger partial charge in [-0.2, -0.15) is 0 Å².